The van der Waals surface area contributed by atoms with Crippen LogP contribution in [0.4, 0.5) is 5.82 Å². The van der Waals surface area contributed by atoms with Gasteiger partial charge >= 0.3 is 0 Å². The van der Waals surface area contributed by atoms with E-state index in [1.807, 2.05) is 18.7 Å². The van der Waals surface area contributed by atoms with E-state index in [0.29, 0.717) is 12.1 Å². The Kier molecular flexibility index (Phi) is 3.65. The molecule has 2 aliphatic heterocycles. The molecule has 6 nitrogen and oxygen atoms in total. The molecule has 3 N–H and O–H groups in total. The number of rotatable bonds is 2. The fourth-order valence-electron chi connectivity index (χ4n) is 3.94. The summed E-state index contributed by atoms with van der Waals surface area (Å²) >= 11 is 0. The Morgan fingerprint density at radius 2 is 2.10 bits per heavy atom. The van der Waals surface area contributed by atoms with Crippen molar-refractivity contribution in [3.63, 3.8) is 0 Å². The van der Waals surface area contributed by atoms with Gasteiger partial charge in [0, 0.05) is 32.2 Å². The van der Waals surface area contributed by atoms with E-state index < -0.39 is 0 Å². The second-order valence-electron chi connectivity index (χ2n) is 6.47. The molecule has 2 saturated heterocycles. The van der Waals surface area contributed by atoms with Gasteiger partial charge in [-0.05, 0) is 33.2 Å². The Balaban J connectivity index is 1.94. The quantitative estimate of drug-likeness (QED) is 0.631. The maximum Gasteiger partial charge on any atom is 0.138 e. The fraction of sp³-hybridized carbons (Fsp3) is 0.733. The predicted octanol–water partition coefficient (Wildman–Crippen LogP) is 1.08. The van der Waals surface area contributed by atoms with Gasteiger partial charge in [-0.25, -0.2) is 0 Å². The van der Waals surface area contributed by atoms with Gasteiger partial charge in [0.15, 0.2) is 0 Å². The van der Waals surface area contributed by atoms with Crippen LogP contribution in [0.25, 0.3) is 0 Å². The Morgan fingerprint density at radius 1 is 1.33 bits per heavy atom. The zero-order valence-electron chi connectivity index (χ0n) is 13.3. The van der Waals surface area contributed by atoms with Crippen molar-refractivity contribution in [2.24, 2.45) is 12.8 Å². The van der Waals surface area contributed by atoms with Crippen LogP contribution in [0, 0.1) is 12.3 Å². The van der Waals surface area contributed by atoms with Crippen LogP contribution in [0.15, 0.2) is 0 Å². The molecule has 1 aromatic heterocycles. The van der Waals surface area contributed by atoms with Crippen molar-refractivity contribution in [2.75, 3.05) is 24.5 Å². The highest BCUT2D eigenvalue weighted by Gasteiger charge is 2.35. The lowest BCUT2D eigenvalue weighted by molar-refractivity contribution is 0.115. The molecule has 2 unspecified atom stereocenters. The molecule has 0 saturated carbocycles. The Hall–Kier alpha value is -1.56. The van der Waals surface area contributed by atoms with Gasteiger partial charge in [0.2, 0.25) is 0 Å². The minimum atomic E-state index is 0.119. The Bertz CT molecular complexity index is 549. The van der Waals surface area contributed by atoms with Gasteiger partial charge in [-0.2, -0.15) is 5.10 Å². The smallest absolute Gasteiger partial charge is 0.138 e. The molecule has 2 atom stereocenters. The number of nitrogens with one attached hydrogen (secondary N) is 1. The highest BCUT2D eigenvalue weighted by molar-refractivity contribution is 6.01. The summed E-state index contributed by atoms with van der Waals surface area (Å²) in [6.07, 6.45) is 3.93. The van der Waals surface area contributed by atoms with Crippen LogP contribution < -0.4 is 10.6 Å². The van der Waals surface area contributed by atoms with Crippen LogP contribution in [-0.4, -0.2) is 52.2 Å². The first kappa shape index (κ1) is 14.4. The standard InChI is InChI=1S/C15H26N6/c1-10-8-20-7-5-4-6-12(20)9-21(10)15-13(14(16)17)11(2)18-19(15)3/h10,12H,4-9H2,1-3H3,(H3,16,17). The molecule has 6 heteroatoms. The Morgan fingerprint density at radius 3 is 2.81 bits per heavy atom. The van der Waals surface area contributed by atoms with Gasteiger partial charge in [0.25, 0.3) is 0 Å². The van der Waals surface area contributed by atoms with Crippen molar-refractivity contribution in [3.8, 4) is 0 Å². The van der Waals surface area contributed by atoms with Gasteiger partial charge in [0.05, 0.1) is 11.3 Å². The van der Waals surface area contributed by atoms with Crippen molar-refractivity contribution < 1.29 is 0 Å². The van der Waals surface area contributed by atoms with Gasteiger partial charge < -0.3 is 10.6 Å². The Labute approximate surface area is 126 Å². The number of hydrogen-bond acceptors (Lipinski definition) is 4. The minimum Gasteiger partial charge on any atom is -0.384 e. The van der Waals surface area contributed by atoms with E-state index in [9.17, 15) is 0 Å². The first-order chi connectivity index (χ1) is 9.99. The molecule has 0 aliphatic carbocycles. The molecule has 0 aromatic carbocycles. The van der Waals surface area contributed by atoms with Gasteiger partial charge in [0.1, 0.15) is 11.7 Å². The van der Waals surface area contributed by atoms with Crippen LogP contribution in [0.2, 0.25) is 0 Å². The second kappa shape index (κ2) is 5.33. The number of amidine groups is 1. The molecule has 0 spiro atoms. The van der Waals surface area contributed by atoms with Crippen molar-refractivity contribution in [3.05, 3.63) is 11.3 Å². The first-order valence-corrected chi connectivity index (χ1v) is 7.87. The number of piperazine rings is 1. The number of aryl methyl sites for hydroxylation is 2. The number of nitrogen functional groups attached to an aromatic ring is 1. The molecule has 0 amide bonds. The molecule has 3 rings (SSSR count). The third-order valence-electron chi connectivity index (χ3n) is 4.92. The van der Waals surface area contributed by atoms with Crippen molar-refractivity contribution in [1.29, 1.82) is 5.41 Å². The van der Waals surface area contributed by atoms with Crippen molar-refractivity contribution >= 4 is 11.7 Å². The molecule has 21 heavy (non-hydrogen) atoms. The van der Waals surface area contributed by atoms with E-state index in [0.717, 1.165) is 30.2 Å². The number of hydrogen-bond donors (Lipinski definition) is 2. The molecular formula is C15H26N6. The van der Waals surface area contributed by atoms with Crippen LogP contribution in [0.3, 0.4) is 0 Å². The number of nitrogens with zero attached hydrogens (tertiary/aromatic N) is 4. The highest BCUT2D eigenvalue weighted by atomic mass is 15.4. The number of piperidine rings is 1. The summed E-state index contributed by atoms with van der Waals surface area (Å²) in [5.74, 6) is 1.13. The largest absolute Gasteiger partial charge is 0.384 e. The monoisotopic (exact) mass is 290 g/mol. The first-order valence-electron chi connectivity index (χ1n) is 7.87. The molecule has 116 valence electrons. The summed E-state index contributed by atoms with van der Waals surface area (Å²) in [7, 11) is 1.95. The average Bonchev–Trinajstić information content (AvgIpc) is 2.72. The summed E-state index contributed by atoms with van der Waals surface area (Å²) in [4.78, 5) is 5.03. The lowest BCUT2D eigenvalue weighted by Crippen LogP contribution is -2.59. The molecule has 2 aliphatic rings. The number of anilines is 1. The fourth-order valence-corrected chi connectivity index (χ4v) is 3.94. The summed E-state index contributed by atoms with van der Waals surface area (Å²) in [5, 5.41) is 12.4. The molecular weight excluding hydrogens is 264 g/mol. The molecule has 0 bridgehead atoms. The average molecular weight is 290 g/mol. The lowest BCUT2D eigenvalue weighted by Gasteiger charge is -2.48. The van der Waals surface area contributed by atoms with Gasteiger partial charge in [-0.3, -0.25) is 15.0 Å². The zero-order chi connectivity index (χ0) is 15.1. The number of fused-ring (bicyclic) bond motifs is 1. The molecule has 0 radical (unpaired) electrons. The third kappa shape index (κ3) is 2.41. The highest BCUT2D eigenvalue weighted by Crippen LogP contribution is 2.31. The van der Waals surface area contributed by atoms with Crippen molar-refractivity contribution in [1.82, 2.24) is 14.7 Å². The van der Waals surface area contributed by atoms with E-state index in [2.05, 4.69) is 21.8 Å². The maximum atomic E-state index is 7.88. The van der Waals surface area contributed by atoms with E-state index in [1.165, 1.54) is 25.8 Å². The van der Waals surface area contributed by atoms with E-state index in [1.54, 1.807) is 0 Å². The summed E-state index contributed by atoms with van der Waals surface area (Å²) in [6.45, 7) is 7.53. The zero-order valence-corrected chi connectivity index (χ0v) is 13.3. The summed E-state index contributed by atoms with van der Waals surface area (Å²) in [5.41, 5.74) is 7.45. The molecule has 1 aromatic rings. The predicted molar refractivity (Wildman–Crippen MR) is 85.0 cm³/mol. The van der Waals surface area contributed by atoms with E-state index in [4.69, 9.17) is 11.1 Å². The SMILES string of the molecule is Cc1nn(C)c(N2CC3CCCCN3CC2C)c1C(=N)N. The van der Waals surface area contributed by atoms with Crippen LogP contribution in [0.5, 0.6) is 0 Å². The summed E-state index contributed by atoms with van der Waals surface area (Å²) < 4.78 is 1.89. The molecule has 2 fully saturated rings. The number of aromatic nitrogens is 2. The van der Waals surface area contributed by atoms with Gasteiger partial charge in [-0.15, -0.1) is 0 Å². The minimum absolute atomic E-state index is 0.119. The third-order valence-corrected chi connectivity index (χ3v) is 4.92. The van der Waals surface area contributed by atoms with Crippen LogP contribution in [-0.2, 0) is 7.05 Å². The topological polar surface area (TPSA) is 74.2 Å². The number of nitrogens with two attached hydrogens (primary N) is 1. The van der Waals surface area contributed by atoms with Crippen LogP contribution >= 0.6 is 0 Å². The second-order valence-corrected chi connectivity index (χ2v) is 6.47. The lowest BCUT2D eigenvalue weighted by atomic mass is 9.97. The normalized spacial score (nSPS) is 26.7. The van der Waals surface area contributed by atoms with Crippen molar-refractivity contribution in [2.45, 2.75) is 45.2 Å². The van der Waals surface area contributed by atoms with E-state index in [-0.39, 0.29) is 5.84 Å². The van der Waals surface area contributed by atoms with Crippen LogP contribution in [0.1, 0.15) is 37.4 Å². The maximum absolute atomic E-state index is 7.88. The van der Waals surface area contributed by atoms with Gasteiger partial charge in [-0.1, -0.05) is 6.42 Å². The summed E-state index contributed by atoms with van der Waals surface area (Å²) in [6, 6.07) is 1.05. The van der Waals surface area contributed by atoms with E-state index >= 15 is 0 Å². The molecule has 3 heterocycles.